The van der Waals surface area contributed by atoms with Gasteiger partial charge in [-0.1, -0.05) is 6.07 Å². The van der Waals surface area contributed by atoms with Gasteiger partial charge in [0, 0.05) is 25.8 Å². The van der Waals surface area contributed by atoms with Gasteiger partial charge in [0.15, 0.2) is 0 Å². The van der Waals surface area contributed by atoms with E-state index in [1.807, 2.05) is 20.8 Å². The number of rotatable bonds is 5. The Bertz CT molecular complexity index is 703. The van der Waals surface area contributed by atoms with Gasteiger partial charge >= 0.3 is 6.09 Å². The highest BCUT2D eigenvalue weighted by molar-refractivity contribution is 5.92. The predicted molar refractivity (Wildman–Crippen MR) is 108 cm³/mol. The number of likely N-dealkylation sites (tertiary alicyclic amines) is 1. The van der Waals surface area contributed by atoms with Crippen LogP contribution in [0.3, 0.4) is 0 Å². The van der Waals surface area contributed by atoms with Gasteiger partial charge < -0.3 is 15.0 Å². The van der Waals surface area contributed by atoms with Gasteiger partial charge in [-0.05, 0) is 70.7 Å². The third kappa shape index (κ3) is 7.11. The van der Waals surface area contributed by atoms with Crippen molar-refractivity contribution in [2.45, 2.75) is 46.1 Å². The van der Waals surface area contributed by atoms with Crippen LogP contribution in [0, 0.1) is 18.7 Å². The summed E-state index contributed by atoms with van der Waals surface area (Å²) in [4.78, 5) is 28.1. The number of hydrogen-bond acceptors (Lipinski definition) is 4. The van der Waals surface area contributed by atoms with Crippen LogP contribution in [0.5, 0.6) is 0 Å². The smallest absolute Gasteiger partial charge is 0.410 e. The number of anilines is 1. The quantitative estimate of drug-likeness (QED) is 0.829. The molecule has 0 spiro atoms. The minimum Gasteiger partial charge on any atom is -0.444 e. The molecule has 1 saturated heterocycles. The van der Waals surface area contributed by atoms with Crippen LogP contribution in [0.2, 0.25) is 0 Å². The summed E-state index contributed by atoms with van der Waals surface area (Å²) >= 11 is 0. The van der Waals surface area contributed by atoms with E-state index in [-0.39, 0.29) is 30.3 Å². The first-order valence-corrected chi connectivity index (χ1v) is 9.76. The lowest BCUT2D eigenvalue weighted by molar-refractivity contribution is -0.117. The van der Waals surface area contributed by atoms with Crippen LogP contribution in [0.25, 0.3) is 0 Å². The highest BCUT2D eigenvalue weighted by Crippen LogP contribution is 2.19. The molecule has 2 amide bonds. The molecule has 1 fully saturated rings. The average molecular weight is 394 g/mol. The van der Waals surface area contributed by atoms with Gasteiger partial charge in [0.05, 0.1) is 6.54 Å². The Morgan fingerprint density at radius 2 is 2.07 bits per heavy atom. The number of hydrogen-bond donors (Lipinski definition) is 1. The van der Waals surface area contributed by atoms with Crippen LogP contribution in [0.4, 0.5) is 14.9 Å². The van der Waals surface area contributed by atoms with E-state index >= 15 is 0 Å². The number of benzene rings is 1. The molecule has 0 saturated carbocycles. The van der Waals surface area contributed by atoms with Gasteiger partial charge in [0.2, 0.25) is 5.91 Å². The first kappa shape index (κ1) is 22.1. The fourth-order valence-corrected chi connectivity index (χ4v) is 3.32. The van der Waals surface area contributed by atoms with Crippen LogP contribution >= 0.6 is 0 Å². The van der Waals surface area contributed by atoms with Crippen LogP contribution in [0.15, 0.2) is 18.2 Å². The number of aryl methyl sites for hydroxylation is 1. The van der Waals surface area contributed by atoms with Gasteiger partial charge in [0.1, 0.15) is 11.4 Å². The summed E-state index contributed by atoms with van der Waals surface area (Å²) in [6, 6.07) is 4.68. The van der Waals surface area contributed by atoms with E-state index in [2.05, 4.69) is 10.2 Å². The average Bonchev–Trinajstić information content (AvgIpc) is 2.57. The van der Waals surface area contributed by atoms with E-state index in [9.17, 15) is 14.0 Å². The second-order valence-corrected chi connectivity index (χ2v) is 8.62. The lowest BCUT2D eigenvalue weighted by Crippen LogP contribution is -2.45. The van der Waals surface area contributed by atoms with Crippen molar-refractivity contribution in [1.29, 1.82) is 0 Å². The monoisotopic (exact) mass is 393 g/mol. The summed E-state index contributed by atoms with van der Waals surface area (Å²) in [5.41, 5.74) is 0.495. The number of piperidine rings is 1. The third-order valence-corrected chi connectivity index (χ3v) is 4.66. The molecular weight excluding hydrogens is 361 g/mol. The lowest BCUT2D eigenvalue weighted by Gasteiger charge is -2.34. The lowest BCUT2D eigenvalue weighted by atomic mass is 9.97. The molecule has 1 unspecified atom stereocenters. The molecule has 0 aromatic heterocycles. The van der Waals surface area contributed by atoms with Crippen molar-refractivity contribution in [2.24, 2.45) is 5.92 Å². The largest absolute Gasteiger partial charge is 0.444 e. The molecule has 1 aliphatic rings. The standard InChI is InChI=1S/C21H32FN3O3/c1-15-8-9-17(11-18(15)22)23-19(26)14-25-10-6-7-16(13-25)12-24(5)20(27)28-21(2,3)4/h8-9,11,16H,6-7,10,12-14H2,1-5H3,(H,23,26). The Labute approximate surface area is 167 Å². The van der Waals surface area contributed by atoms with E-state index in [4.69, 9.17) is 4.74 Å². The van der Waals surface area contributed by atoms with Gasteiger partial charge in [-0.15, -0.1) is 0 Å². The summed E-state index contributed by atoms with van der Waals surface area (Å²) in [5.74, 6) is -0.207. The molecule has 0 radical (unpaired) electrons. The van der Waals surface area contributed by atoms with E-state index in [0.29, 0.717) is 17.8 Å². The van der Waals surface area contributed by atoms with Crippen LogP contribution in [0.1, 0.15) is 39.2 Å². The second kappa shape index (κ2) is 9.37. The molecule has 1 aromatic carbocycles. The Morgan fingerprint density at radius 1 is 1.36 bits per heavy atom. The Kier molecular flexibility index (Phi) is 7.41. The molecule has 1 atom stereocenters. The number of nitrogens with zero attached hydrogens (tertiary/aromatic N) is 2. The fourth-order valence-electron chi connectivity index (χ4n) is 3.32. The predicted octanol–water partition coefficient (Wildman–Crippen LogP) is 3.65. The first-order chi connectivity index (χ1) is 13.0. The second-order valence-electron chi connectivity index (χ2n) is 8.62. The third-order valence-electron chi connectivity index (χ3n) is 4.66. The van der Waals surface area contributed by atoms with Gasteiger partial charge in [0.25, 0.3) is 0 Å². The van der Waals surface area contributed by atoms with Gasteiger partial charge in [-0.3, -0.25) is 9.69 Å². The van der Waals surface area contributed by atoms with Crippen LogP contribution in [-0.4, -0.2) is 60.6 Å². The zero-order valence-corrected chi connectivity index (χ0v) is 17.5. The van der Waals surface area contributed by atoms with E-state index in [1.165, 1.54) is 6.07 Å². The number of ether oxygens (including phenoxy) is 1. The number of carbonyl (C=O) groups is 2. The number of amides is 2. The summed E-state index contributed by atoms with van der Waals surface area (Å²) in [5, 5.41) is 2.75. The van der Waals surface area contributed by atoms with Crippen molar-refractivity contribution in [3.05, 3.63) is 29.6 Å². The maximum absolute atomic E-state index is 13.6. The number of nitrogens with one attached hydrogen (secondary N) is 1. The Morgan fingerprint density at radius 3 is 2.71 bits per heavy atom. The maximum atomic E-state index is 13.6. The molecule has 1 aromatic rings. The molecular formula is C21H32FN3O3. The molecule has 156 valence electrons. The van der Waals surface area contributed by atoms with Crippen molar-refractivity contribution >= 4 is 17.7 Å². The molecule has 1 heterocycles. The molecule has 1 N–H and O–H groups in total. The van der Waals surface area contributed by atoms with Crippen molar-refractivity contribution in [3.63, 3.8) is 0 Å². The molecule has 28 heavy (non-hydrogen) atoms. The van der Waals surface area contributed by atoms with Crippen molar-refractivity contribution in [1.82, 2.24) is 9.80 Å². The first-order valence-electron chi connectivity index (χ1n) is 9.76. The van der Waals surface area contributed by atoms with Crippen molar-refractivity contribution < 1.29 is 18.7 Å². The minimum absolute atomic E-state index is 0.163. The zero-order valence-electron chi connectivity index (χ0n) is 17.5. The molecule has 0 bridgehead atoms. The van der Waals surface area contributed by atoms with E-state index < -0.39 is 5.60 Å². The summed E-state index contributed by atoms with van der Waals surface area (Å²) < 4.78 is 19.0. The molecule has 7 heteroatoms. The van der Waals surface area contributed by atoms with Gasteiger partial charge in [-0.2, -0.15) is 0 Å². The maximum Gasteiger partial charge on any atom is 0.410 e. The molecule has 6 nitrogen and oxygen atoms in total. The molecule has 2 rings (SSSR count). The highest BCUT2D eigenvalue weighted by atomic mass is 19.1. The van der Waals surface area contributed by atoms with Crippen LogP contribution in [-0.2, 0) is 9.53 Å². The topological polar surface area (TPSA) is 61.9 Å². The normalized spacial score (nSPS) is 17.9. The number of halogens is 1. The van der Waals surface area contributed by atoms with Crippen LogP contribution < -0.4 is 5.32 Å². The number of carbonyl (C=O) groups excluding carboxylic acids is 2. The summed E-state index contributed by atoms with van der Waals surface area (Å²) in [7, 11) is 1.74. The van der Waals surface area contributed by atoms with E-state index in [0.717, 1.165) is 25.9 Å². The highest BCUT2D eigenvalue weighted by Gasteiger charge is 2.26. The summed E-state index contributed by atoms with van der Waals surface area (Å²) in [6.07, 6.45) is 1.65. The fraction of sp³-hybridized carbons (Fsp3) is 0.619. The van der Waals surface area contributed by atoms with Crippen molar-refractivity contribution in [3.8, 4) is 0 Å². The summed E-state index contributed by atoms with van der Waals surface area (Å²) in [6.45, 7) is 9.64. The SMILES string of the molecule is Cc1ccc(NC(=O)CN2CCCC(CN(C)C(=O)OC(C)(C)C)C2)cc1F. The minimum atomic E-state index is -0.516. The molecule has 1 aliphatic heterocycles. The van der Waals surface area contributed by atoms with Crippen molar-refractivity contribution in [2.75, 3.05) is 38.5 Å². The Balaban J connectivity index is 1.82. The zero-order chi connectivity index (χ0) is 20.9. The van der Waals surface area contributed by atoms with Gasteiger partial charge in [-0.25, -0.2) is 9.18 Å². The molecule has 0 aliphatic carbocycles. The Hall–Kier alpha value is -2.15. The van der Waals surface area contributed by atoms with E-state index in [1.54, 1.807) is 31.0 Å².